The van der Waals surface area contributed by atoms with Gasteiger partial charge >= 0.3 is 65.3 Å². The van der Waals surface area contributed by atoms with E-state index in [4.69, 9.17) is 0 Å². The Morgan fingerprint density at radius 1 is 0.636 bits per heavy atom. The van der Waals surface area contributed by atoms with Crippen molar-refractivity contribution in [2.75, 3.05) is 0 Å². The first-order chi connectivity index (χ1) is 14.3. The predicted octanol–water partition coefficient (Wildman–Crippen LogP) is -3.72. The fourth-order valence-electron chi connectivity index (χ4n) is 2.82. The van der Waals surface area contributed by atoms with E-state index >= 15 is 0 Å². The van der Waals surface area contributed by atoms with Gasteiger partial charge in [-0.3, -0.25) is 0 Å². The van der Waals surface area contributed by atoms with Crippen molar-refractivity contribution in [3.05, 3.63) is 78.4 Å². The van der Waals surface area contributed by atoms with Crippen LogP contribution in [0, 0.1) is 0 Å². The van der Waals surface area contributed by atoms with Crippen molar-refractivity contribution < 1.29 is 98.2 Å². The summed E-state index contributed by atoms with van der Waals surface area (Å²) in [6.45, 7) is 0. The Balaban J connectivity index is 0.00000272. The molecule has 33 heavy (non-hydrogen) atoms. The molecule has 3 aromatic rings. The minimum atomic E-state index is -4.85. The molecular weight excluding hydrogens is 522 g/mol. The third-order valence-electron chi connectivity index (χ3n) is 4.16. The fraction of sp³-hybridized carbons (Fsp3) is 0.0526. The summed E-state index contributed by atoms with van der Waals surface area (Å²) in [7, 11) is -11.6. The van der Waals surface area contributed by atoms with Crippen molar-refractivity contribution in [3.63, 3.8) is 0 Å². The second-order valence-corrected chi connectivity index (χ2v) is 11.3. The molecule has 0 saturated carbocycles. The van der Waals surface area contributed by atoms with Crippen LogP contribution in [0.3, 0.4) is 0 Å². The molecule has 0 aliphatic heterocycles. The minimum Gasteiger partial charge on any atom is -0.744 e. The molecule has 3 aromatic carbocycles. The average Bonchev–Trinajstić information content (AvgIpc) is 2.67. The third kappa shape index (κ3) is 7.85. The van der Waals surface area contributed by atoms with Crippen LogP contribution in [-0.2, 0) is 26.4 Å². The second-order valence-electron chi connectivity index (χ2n) is 6.29. The van der Waals surface area contributed by atoms with Crippen molar-refractivity contribution >= 4 is 44.1 Å². The van der Waals surface area contributed by atoms with Crippen molar-refractivity contribution in [2.24, 2.45) is 0 Å². The van der Waals surface area contributed by atoms with E-state index in [0.29, 0.717) is 0 Å². The van der Waals surface area contributed by atoms with Gasteiger partial charge in [-0.05, 0) is 60.2 Å². The van der Waals surface area contributed by atoms with Crippen LogP contribution < -0.4 is 75.0 Å². The molecule has 0 amide bonds. The number of halogens is 3. The molecule has 164 valence electrons. The number of benzene rings is 3. The van der Waals surface area contributed by atoms with E-state index in [1.807, 2.05) is 0 Å². The molecule has 0 radical (unpaired) electrons. The van der Waals surface area contributed by atoms with E-state index in [-0.39, 0.29) is 75.0 Å². The summed E-state index contributed by atoms with van der Waals surface area (Å²) in [5.41, 5.74) is -0.960. The zero-order chi connectivity index (χ0) is 23.0. The van der Waals surface area contributed by atoms with Crippen LogP contribution in [0.4, 0.5) is 13.2 Å². The standard InChI is InChI=1S/C19H14F3O6PS2.2Na/c20-19(21,22)13-4-1-5-14(10-13)29(15-6-2-8-17(11-15)30(23,24)25)16-7-3-9-18(12-16)31(26,27)28;;/h1-12H,(H,23,24,25)(H,26,27,28);;/q;2*+1/p-2. The molecular formula is C19H12F3Na2O6PS2. The van der Waals surface area contributed by atoms with Gasteiger partial charge in [-0.15, -0.1) is 0 Å². The summed E-state index contributed by atoms with van der Waals surface area (Å²) < 4.78 is 108. The molecule has 0 fully saturated rings. The second kappa shape index (κ2) is 11.6. The van der Waals surface area contributed by atoms with Crippen LogP contribution >= 0.6 is 7.92 Å². The van der Waals surface area contributed by atoms with Gasteiger partial charge in [-0.25, -0.2) is 16.8 Å². The van der Waals surface area contributed by atoms with E-state index in [9.17, 15) is 39.1 Å². The van der Waals surface area contributed by atoms with Crippen molar-refractivity contribution in [1.29, 1.82) is 0 Å². The molecule has 0 heterocycles. The van der Waals surface area contributed by atoms with Gasteiger partial charge in [0.1, 0.15) is 20.2 Å². The first-order valence-corrected chi connectivity index (χ1v) is 12.5. The molecule has 0 unspecified atom stereocenters. The van der Waals surface area contributed by atoms with Gasteiger partial charge in [-0.1, -0.05) is 36.4 Å². The largest absolute Gasteiger partial charge is 1.00 e. The van der Waals surface area contributed by atoms with Crippen LogP contribution in [0.15, 0.2) is 82.6 Å². The molecule has 0 N–H and O–H groups in total. The maximum Gasteiger partial charge on any atom is 1.00 e. The maximum absolute atomic E-state index is 13.2. The van der Waals surface area contributed by atoms with Gasteiger partial charge in [0.15, 0.2) is 0 Å². The van der Waals surface area contributed by atoms with Crippen LogP contribution in [0.5, 0.6) is 0 Å². The van der Waals surface area contributed by atoms with E-state index in [1.54, 1.807) is 0 Å². The number of alkyl halides is 3. The molecule has 0 spiro atoms. The predicted molar refractivity (Wildman–Crippen MR) is 106 cm³/mol. The maximum atomic E-state index is 13.2. The molecule has 0 aliphatic rings. The van der Waals surface area contributed by atoms with Gasteiger partial charge in [0.25, 0.3) is 0 Å². The van der Waals surface area contributed by atoms with Crippen LogP contribution in [0.2, 0.25) is 0 Å². The van der Waals surface area contributed by atoms with E-state index < -0.39 is 49.7 Å². The molecule has 0 aliphatic carbocycles. The van der Waals surface area contributed by atoms with Crippen molar-refractivity contribution in [2.45, 2.75) is 16.0 Å². The first kappa shape index (κ1) is 30.7. The van der Waals surface area contributed by atoms with Crippen LogP contribution in [-0.4, -0.2) is 25.9 Å². The summed E-state index contributed by atoms with van der Waals surface area (Å²) >= 11 is 0. The van der Waals surface area contributed by atoms with E-state index in [0.717, 1.165) is 42.5 Å². The Morgan fingerprint density at radius 2 is 1.00 bits per heavy atom. The summed E-state index contributed by atoms with van der Waals surface area (Å²) in [6, 6.07) is 13.8. The average molecular weight is 534 g/mol. The zero-order valence-corrected chi connectivity index (χ0v) is 23.8. The van der Waals surface area contributed by atoms with Gasteiger partial charge in [-0.2, -0.15) is 13.2 Å². The number of hydrogen-bond acceptors (Lipinski definition) is 6. The molecule has 14 heteroatoms. The fourth-order valence-corrected chi connectivity index (χ4v) is 6.44. The SMILES string of the molecule is O=S(=O)([O-])c1cccc(P(c2cccc(C(F)(F)F)c2)c2cccc(S(=O)(=O)[O-])c2)c1.[Na+].[Na+]. The molecule has 6 nitrogen and oxygen atoms in total. The van der Waals surface area contributed by atoms with Crippen molar-refractivity contribution in [1.82, 2.24) is 0 Å². The number of hydrogen-bond donors (Lipinski definition) is 0. The summed E-state index contributed by atoms with van der Waals surface area (Å²) in [5.74, 6) is 0. The Labute approximate surface area is 234 Å². The Morgan fingerprint density at radius 3 is 1.36 bits per heavy atom. The Hall–Kier alpha value is -0.300. The third-order valence-corrected chi connectivity index (χ3v) is 8.21. The summed E-state index contributed by atoms with van der Waals surface area (Å²) in [5, 5.41) is 0.490. The van der Waals surface area contributed by atoms with Gasteiger partial charge in [0.2, 0.25) is 0 Å². The summed E-state index contributed by atoms with van der Waals surface area (Å²) in [4.78, 5) is -1.17. The van der Waals surface area contributed by atoms with Crippen LogP contribution in [0.1, 0.15) is 5.56 Å². The van der Waals surface area contributed by atoms with Gasteiger partial charge in [0.05, 0.1) is 15.4 Å². The van der Waals surface area contributed by atoms with E-state index in [2.05, 4.69) is 0 Å². The topological polar surface area (TPSA) is 114 Å². The molecule has 3 rings (SSSR count). The Bertz CT molecular complexity index is 1270. The van der Waals surface area contributed by atoms with Gasteiger partial charge in [0, 0.05) is 0 Å². The monoisotopic (exact) mass is 534 g/mol. The van der Waals surface area contributed by atoms with E-state index in [1.165, 1.54) is 30.3 Å². The molecule has 0 aromatic heterocycles. The quantitative estimate of drug-likeness (QED) is 0.189. The smallest absolute Gasteiger partial charge is 0.744 e. The van der Waals surface area contributed by atoms with Gasteiger partial charge < -0.3 is 9.11 Å². The van der Waals surface area contributed by atoms with Crippen LogP contribution in [0.25, 0.3) is 0 Å². The minimum absolute atomic E-state index is 0. The summed E-state index contributed by atoms with van der Waals surface area (Å²) in [6.07, 6.45) is -4.66. The van der Waals surface area contributed by atoms with Crippen molar-refractivity contribution in [3.8, 4) is 0 Å². The Kier molecular flexibility index (Phi) is 10.8. The number of rotatable bonds is 5. The molecule has 0 atom stereocenters. The molecule has 0 saturated heterocycles. The normalized spacial score (nSPS) is 12.1. The molecule has 0 bridgehead atoms. The zero-order valence-electron chi connectivity index (χ0n) is 17.3. The first-order valence-electron chi connectivity index (χ1n) is 8.36.